The van der Waals surface area contributed by atoms with Crippen LogP contribution in [-0.2, 0) is 14.8 Å². The van der Waals surface area contributed by atoms with E-state index in [0.717, 1.165) is 31.5 Å². The van der Waals surface area contributed by atoms with E-state index in [4.69, 9.17) is 4.74 Å². The lowest BCUT2D eigenvalue weighted by Gasteiger charge is -2.36. The molecule has 0 spiro atoms. The van der Waals surface area contributed by atoms with Crippen LogP contribution in [0.1, 0.15) is 38.2 Å². The third-order valence-electron chi connectivity index (χ3n) is 5.90. The van der Waals surface area contributed by atoms with Crippen molar-refractivity contribution in [3.05, 3.63) is 23.8 Å². The number of ether oxygens (including phenoxy) is 1. The molecule has 0 atom stereocenters. The highest BCUT2D eigenvalue weighted by Gasteiger charge is 2.34. The van der Waals surface area contributed by atoms with Gasteiger partial charge in [0.05, 0.1) is 12.0 Å². The van der Waals surface area contributed by atoms with Crippen LogP contribution in [0, 0.1) is 18.8 Å². The molecule has 2 aliphatic rings. The van der Waals surface area contributed by atoms with E-state index >= 15 is 0 Å². The van der Waals surface area contributed by atoms with E-state index in [1.807, 2.05) is 11.8 Å². The summed E-state index contributed by atoms with van der Waals surface area (Å²) in [5.74, 6) is 1.52. The van der Waals surface area contributed by atoms with Crippen LogP contribution in [0.3, 0.4) is 0 Å². The summed E-state index contributed by atoms with van der Waals surface area (Å²) in [5, 5.41) is 0. The van der Waals surface area contributed by atoms with Crippen molar-refractivity contribution in [3.8, 4) is 5.75 Å². The predicted octanol–water partition coefficient (Wildman–Crippen LogP) is 2.66. The zero-order chi connectivity index (χ0) is 19.6. The number of amides is 1. The van der Waals surface area contributed by atoms with Crippen LogP contribution >= 0.6 is 0 Å². The smallest absolute Gasteiger partial charge is 0.243 e. The molecule has 2 heterocycles. The van der Waals surface area contributed by atoms with Crippen molar-refractivity contribution in [1.82, 2.24) is 9.21 Å². The molecule has 0 aromatic heterocycles. The van der Waals surface area contributed by atoms with Gasteiger partial charge in [-0.15, -0.1) is 0 Å². The molecule has 27 heavy (non-hydrogen) atoms. The maximum absolute atomic E-state index is 12.9. The Morgan fingerprint density at radius 2 is 1.70 bits per heavy atom. The zero-order valence-corrected chi connectivity index (χ0v) is 17.3. The summed E-state index contributed by atoms with van der Waals surface area (Å²) >= 11 is 0. The molecule has 2 aliphatic heterocycles. The SMILES string of the molecule is COc1ccc(S(=O)(=O)N2CCC(C(=O)N3CCC(C)CC3)CC2)cc1C. The van der Waals surface area contributed by atoms with Gasteiger partial charge in [-0.2, -0.15) is 4.31 Å². The molecule has 2 fully saturated rings. The second-order valence-electron chi connectivity index (χ2n) is 7.82. The summed E-state index contributed by atoms with van der Waals surface area (Å²) in [6.07, 6.45) is 3.32. The Labute approximate surface area is 162 Å². The lowest BCUT2D eigenvalue weighted by atomic mass is 9.93. The number of benzene rings is 1. The van der Waals surface area contributed by atoms with Crippen LogP contribution in [0.5, 0.6) is 5.75 Å². The molecule has 0 N–H and O–H groups in total. The Morgan fingerprint density at radius 1 is 1.07 bits per heavy atom. The molecule has 150 valence electrons. The number of carbonyl (C=O) groups is 1. The molecule has 2 saturated heterocycles. The number of aryl methyl sites for hydroxylation is 1. The first-order valence-electron chi connectivity index (χ1n) is 9.76. The molecular formula is C20H30N2O4S. The average molecular weight is 395 g/mol. The van der Waals surface area contributed by atoms with Crippen molar-refractivity contribution < 1.29 is 17.9 Å². The molecule has 6 nitrogen and oxygen atoms in total. The van der Waals surface area contributed by atoms with E-state index in [9.17, 15) is 13.2 Å². The van der Waals surface area contributed by atoms with E-state index < -0.39 is 10.0 Å². The number of hydrogen-bond acceptors (Lipinski definition) is 4. The van der Waals surface area contributed by atoms with Gasteiger partial charge in [0.25, 0.3) is 0 Å². The summed E-state index contributed by atoms with van der Waals surface area (Å²) < 4.78 is 32.6. The van der Waals surface area contributed by atoms with Crippen LogP contribution < -0.4 is 4.74 Å². The number of hydrogen-bond donors (Lipinski definition) is 0. The van der Waals surface area contributed by atoms with Crippen molar-refractivity contribution in [2.75, 3.05) is 33.3 Å². The molecule has 0 radical (unpaired) electrons. The van der Waals surface area contributed by atoms with E-state index in [0.29, 0.717) is 37.6 Å². The monoisotopic (exact) mass is 394 g/mol. The normalized spacial score (nSPS) is 20.6. The first kappa shape index (κ1) is 20.1. The Hall–Kier alpha value is -1.60. The lowest BCUT2D eigenvalue weighted by Crippen LogP contribution is -2.46. The van der Waals surface area contributed by atoms with Crippen LogP contribution in [0.2, 0.25) is 0 Å². The van der Waals surface area contributed by atoms with Crippen molar-refractivity contribution in [3.63, 3.8) is 0 Å². The molecule has 1 aromatic rings. The summed E-state index contributed by atoms with van der Waals surface area (Å²) in [4.78, 5) is 15.0. The van der Waals surface area contributed by atoms with Crippen molar-refractivity contribution in [1.29, 1.82) is 0 Å². The highest BCUT2D eigenvalue weighted by molar-refractivity contribution is 7.89. The fourth-order valence-electron chi connectivity index (χ4n) is 3.99. The predicted molar refractivity (Wildman–Crippen MR) is 104 cm³/mol. The van der Waals surface area contributed by atoms with Gasteiger partial charge in [-0.3, -0.25) is 4.79 Å². The molecule has 0 saturated carbocycles. The fraction of sp³-hybridized carbons (Fsp3) is 0.650. The van der Waals surface area contributed by atoms with Gasteiger partial charge in [0.1, 0.15) is 5.75 Å². The zero-order valence-electron chi connectivity index (χ0n) is 16.5. The van der Waals surface area contributed by atoms with Crippen LogP contribution in [0.15, 0.2) is 23.1 Å². The minimum Gasteiger partial charge on any atom is -0.496 e. The lowest BCUT2D eigenvalue weighted by molar-refractivity contribution is -0.138. The summed E-state index contributed by atoms with van der Waals surface area (Å²) in [5.41, 5.74) is 0.794. The molecule has 1 amide bonds. The van der Waals surface area contributed by atoms with Crippen LogP contribution in [-0.4, -0.2) is 56.8 Å². The Morgan fingerprint density at radius 3 is 2.26 bits per heavy atom. The standard InChI is InChI=1S/C20H30N2O4S/c1-15-6-10-21(11-7-15)20(23)17-8-12-22(13-9-17)27(24,25)18-4-5-19(26-3)16(2)14-18/h4-5,14-15,17H,6-13H2,1-3H3. The van der Waals surface area contributed by atoms with Gasteiger partial charge < -0.3 is 9.64 Å². The van der Waals surface area contributed by atoms with Gasteiger partial charge in [-0.25, -0.2) is 8.42 Å². The summed E-state index contributed by atoms with van der Waals surface area (Å²) in [6.45, 7) is 6.53. The highest BCUT2D eigenvalue weighted by atomic mass is 32.2. The molecule has 0 unspecified atom stereocenters. The number of methoxy groups -OCH3 is 1. The van der Waals surface area contributed by atoms with Crippen molar-refractivity contribution >= 4 is 15.9 Å². The minimum atomic E-state index is -3.54. The van der Waals surface area contributed by atoms with Gasteiger partial charge in [0.15, 0.2) is 0 Å². The molecule has 0 aliphatic carbocycles. The second kappa shape index (κ2) is 8.19. The van der Waals surface area contributed by atoms with E-state index in [1.54, 1.807) is 25.3 Å². The molecular weight excluding hydrogens is 364 g/mol. The maximum Gasteiger partial charge on any atom is 0.243 e. The molecule has 0 bridgehead atoms. The first-order chi connectivity index (χ1) is 12.8. The van der Waals surface area contributed by atoms with E-state index in [1.165, 1.54) is 4.31 Å². The number of rotatable bonds is 4. The van der Waals surface area contributed by atoms with Gasteiger partial charge in [-0.05, 0) is 62.3 Å². The number of likely N-dealkylation sites (tertiary alicyclic amines) is 1. The van der Waals surface area contributed by atoms with E-state index in [-0.39, 0.29) is 16.7 Å². The van der Waals surface area contributed by atoms with Gasteiger partial charge in [0.2, 0.25) is 15.9 Å². The number of sulfonamides is 1. The average Bonchev–Trinajstić information content (AvgIpc) is 2.68. The highest BCUT2D eigenvalue weighted by Crippen LogP contribution is 2.28. The molecule has 3 rings (SSSR count). The Balaban J connectivity index is 1.62. The Kier molecular flexibility index (Phi) is 6.11. The Bertz CT molecular complexity index is 777. The van der Waals surface area contributed by atoms with Crippen molar-refractivity contribution in [2.45, 2.75) is 44.4 Å². The van der Waals surface area contributed by atoms with E-state index in [2.05, 4.69) is 6.92 Å². The van der Waals surface area contributed by atoms with Crippen molar-refractivity contribution in [2.24, 2.45) is 11.8 Å². The third kappa shape index (κ3) is 4.29. The molecule has 1 aromatic carbocycles. The maximum atomic E-state index is 12.9. The van der Waals surface area contributed by atoms with Gasteiger partial charge in [-0.1, -0.05) is 6.92 Å². The van der Waals surface area contributed by atoms with Gasteiger partial charge >= 0.3 is 0 Å². The largest absolute Gasteiger partial charge is 0.496 e. The summed E-state index contributed by atoms with van der Waals surface area (Å²) in [6, 6.07) is 4.93. The first-order valence-corrected chi connectivity index (χ1v) is 11.2. The van der Waals surface area contributed by atoms with Gasteiger partial charge in [0, 0.05) is 32.1 Å². The molecule has 7 heteroatoms. The number of piperidine rings is 2. The number of carbonyl (C=O) groups excluding carboxylic acids is 1. The minimum absolute atomic E-state index is 0.0533. The second-order valence-corrected chi connectivity index (χ2v) is 9.76. The summed E-state index contributed by atoms with van der Waals surface area (Å²) in [7, 11) is -1.97. The fourth-order valence-corrected chi connectivity index (χ4v) is 5.55. The quantitative estimate of drug-likeness (QED) is 0.787. The number of nitrogens with zero attached hydrogens (tertiary/aromatic N) is 2. The third-order valence-corrected chi connectivity index (χ3v) is 7.80. The van der Waals surface area contributed by atoms with Crippen LogP contribution in [0.25, 0.3) is 0 Å². The topological polar surface area (TPSA) is 66.9 Å². The van der Waals surface area contributed by atoms with Crippen LogP contribution in [0.4, 0.5) is 0 Å².